The minimum Gasteiger partial charge on any atom is -0.292 e. The molecule has 0 atom stereocenters. The van der Waals surface area contributed by atoms with Crippen LogP contribution in [0.15, 0.2) is 18.2 Å². The molecule has 0 spiro atoms. The molecule has 0 saturated heterocycles. The number of alkyl halides is 5. The van der Waals surface area contributed by atoms with Crippen LogP contribution in [0.2, 0.25) is 10.0 Å². The van der Waals surface area contributed by atoms with Gasteiger partial charge in [-0.15, -0.1) is 0 Å². The van der Waals surface area contributed by atoms with Gasteiger partial charge in [0.2, 0.25) is 5.78 Å². The summed E-state index contributed by atoms with van der Waals surface area (Å²) in [7, 11) is 0. The zero-order valence-corrected chi connectivity index (χ0v) is 10.0. The van der Waals surface area contributed by atoms with Gasteiger partial charge in [0.05, 0.1) is 0 Å². The zero-order chi connectivity index (χ0) is 14.1. The van der Waals surface area contributed by atoms with Gasteiger partial charge in [-0.2, -0.15) is 22.0 Å². The molecule has 18 heavy (non-hydrogen) atoms. The molecule has 100 valence electrons. The van der Waals surface area contributed by atoms with Gasteiger partial charge in [0.25, 0.3) is 0 Å². The number of Topliss-reactive ketones (excluding diaryl/α,β-unsaturated/α-hetero) is 1. The lowest BCUT2D eigenvalue weighted by Crippen LogP contribution is -2.44. The van der Waals surface area contributed by atoms with E-state index in [2.05, 4.69) is 0 Å². The van der Waals surface area contributed by atoms with E-state index in [0.717, 1.165) is 6.07 Å². The summed E-state index contributed by atoms with van der Waals surface area (Å²) >= 11 is 11.1. The highest BCUT2D eigenvalue weighted by Crippen LogP contribution is 2.37. The van der Waals surface area contributed by atoms with Crippen molar-refractivity contribution in [3.8, 4) is 0 Å². The topological polar surface area (TPSA) is 17.1 Å². The molecule has 0 aromatic heterocycles. The molecular weight excluding hydrogens is 302 g/mol. The van der Waals surface area contributed by atoms with Crippen LogP contribution in [-0.4, -0.2) is 17.9 Å². The SMILES string of the molecule is O=C(Cc1cc(Cl)ccc1Cl)C(F)(F)C(F)(F)F. The molecule has 0 fully saturated rings. The number of ketones is 1. The van der Waals surface area contributed by atoms with Gasteiger partial charge in [0.1, 0.15) is 0 Å². The maximum Gasteiger partial charge on any atom is 0.461 e. The molecule has 0 amide bonds. The van der Waals surface area contributed by atoms with E-state index < -0.39 is 24.3 Å². The summed E-state index contributed by atoms with van der Waals surface area (Å²) in [6.07, 6.45) is -7.07. The second-order valence-corrected chi connectivity index (χ2v) is 4.25. The van der Waals surface area contributed by atoms with E-state index in [1.807, 2.05) is 0 Å². The Bertz CT molecular complexity index is 470. The second-order valence-electron chi connectivity index (χ2n) is 3.41. The Kier molecular flexibility index (Phi) is 4.23. The maximum atomic E-state index is 12.7. The van der Waals surface area contributed by atoms with Gasteiger partial charge in [-0.3, -0.25) is 4.79 Å². The predicted octanol–water partition coefficient (Wildman–Crippen LogP) is 4.30. The maximum absolute atomic E-state index is 12.7. The lowest BCUT2D eigenvalue weighted by Gasteiger charge is -2.18. The highest BCUT2D eigenvalue weighted by atomic mass is 35.5. The molecule has 0 aliphatic heterocycles. The molecule has 1 aromatic carbocycles. The summed E-state index contributed by atoms with van der Waals surface area (Å²) in [6, 6.07) is 3.59. The van der Waals surface area contributed by atoms with Gasteiger partial charge in [-0.1, -0.05) is 23.2 Å². The molecule has 0 N–H and O–H groups in total. The highest BCUT2D eigenvalue weighted by molar-refractivity contribution is 6.33. The van der Waals surface area contributed by atoms with Gasteiger partial charge in [-0.05, 0) is 23.8 Å². The lowest BCUT2D eigenvalue weighted by molar-refractivity contribution is -0.268. The van der Waals surface area contributed by atoms with E-state index in [9.17, 15) is 26.7 Å². The summed E-state index contributed by atoms with van der Waals surface area (Å²) in [5, 5.41) is -0.0248. The number of hydrogen-bond donors (Lipinski definition) is 0. The average Bonchev–Trinajstić information content (AvgIpc) is 2.21. The van der Waals surface area contributed by atoms with Crippen molar-refractivity contribution in [3.63, 3.8) is 0 Å². The number of rotatable bonds is 3. The monoisotopic (exact) mass is 306 g/mol. The van der Waals surface area contributed by atoms with Crippen molar-refractivity contribution in [2.75, 3.05) is 0 Å². The quantitative estimate of drug-likeness (QED) is 0.761. The smallest absolute Gasteiger partial charge is 0.292 e. The van der Waals surface area contributed by atoms with E-state index in [1.165, 1.54) is 12.1 Å². The zero-order valence-electron chi connectivity index (χ0n) is 8.49. The van der Waals surface area contributed by atoms with Crippen molar-refractivity contribution in [2.45, 2.75) is 18.5 Å². The van der Waals surface area contributed by atoms with Crippen LogP contribution in [0.4, 0.5) is 22.0 Å². The fourth-order valence-electron chi connectivity index (χ4n) is 1.12. The molecule has 8 heteroatoms. The minimum atomic E-state index is -5.92. The molecule has 0 aliphatic rings. The van der Waals surface area contributed by atoms with Gasteiger partial charge in [0.15, 0.2) is 0 Å². The van der Waals surface area contributed by atoms with Crippen molar-refractivity contribution < 1.29 is 26.7 Å². The summed E-state index contributed by atoms with van der Waals surface area (Å²) < 4.78 is 61.2. The Morgan fingerprint density at radius 1 is 1.11 bits per heavy atom. The van der Waals surface area contributed by atoms with E-state index in [-0.39, 0.29) is 15.6 Å². The first-order valence-electron chi connectivity index (χ1n) is 4.47. The van der Waals surface area contributed by atoms with Crippen LogP contribution in [0, 0.1) is 0 Å². The molecule has 0 aliphatic carbocycles. The van der Waals surface area contributed by atoms with Gasteiger partial charge in [0, 0.05) is 16.5 Å². The number of halogens is 7. The molecule has 0 heterocycles. The standard InChI is InChI=1S/C10H5Cl2F5O/c11-6-1-2-7(12)5(3-6)4-8(18)9(13,14)10(15,16)17/h1-3H,4H2. The first-order chi connectivity index (χ1) is 8.05. The number of carbonyl (C=O) groups excluding carboxylic acids is 1. The Morgan fingerprint density at radius 3 is 2.17 bits per heavy atom. The van der Waals surface area contributed by atoms with Crippen LogP contribution in [0.5, 0.6) is 0 Å². The van der Waals surface area contributed by atoms with Crippen molar-refractivity contribution in [3.05, 3.63) is 33.8 Å². The van der Waals surface area contributed by atoms with Crippen LogP contribution < -0.4 is 0 Å². The normalized spacial score (nSPS) is 12.6. The van der Waals surface area contributed by atoms with Crippen molar-refractivity contribution in [2.24, 2.45) is 0 Å². The summed E-state index contributed by atoms with van der Waals surface area (Å²) in [5.74, 6) is -7.68. The Labute approximate surface area is 108 Å². The Balaban J connectivity index is 2.98. The van der Waals surface area contributed by atoms with Crippen molar-refractivity contribution >= 4 is 29.0 Å². The first-order valence-corrected chi connectivity index (χ1v) is 5.23. The largest absolute Gasteiger partial charge is 0.461 e. The molecule has 1 aromatic rings. The molecule has 0 unspecified atom stereocenters. The Morgan fingerprint density at radius 2 is 1.67 bits per heavy atom. The summed E-state index contributed by atoms with van der Waals surface area (Å²) in [6.45, 7) is 0. The third-order valence-corrected chi connectivity index (χ3v) is 2.67. The third-order valence-electron chi connectivity index (χ3n) is 2.06. The van der Waals surface area contributed by atoms with Crippen molar-refractivity contribution in [1.29, 1.82) is 0 Å². The van der Waals surface area contributed by atoms with Gasteiger partial charge in [-0.25, -0.2) is 0 Å². The van der Waals surface area contributed by atoms with Crippen LogP contribution in [-0.2, 0) is 11.2 Å². The third kappa shape index (κ3) is 3.11. The van der Waals surface area contributed by atoms with E-state index in [1.54, 1.807) is 0 Å². The van der Waals surface area contributed by atoms with Crippen LogP contribution in [0.3, 0.4) is 0 Å². The number of carbonyl (C=O) groups is 1. The lowest BCUT2D eigenvalue weighted by atomic mass is 10.0. The van der Waals surface area contributed by atoms with Gasteiger partial charge >= 0.3 is 12.1 Å². The van der Waals surface area contributed by atoms with Crippen LogP contribution in [0.25, 0.3) is 0 Å². The Hall–Kier alpha value is -0.880. The van der Waals surface area contributed by atoms with E-state index >= 15 is 0 Å². The van der Waals surface area contributed by atoms with Crippen LogP contribution >= 0.6 is 23.2 Å². The van der Waals surface area contributed by atoms with Gasteiger partial charge < -0.3 is 0 Å². The predicted molar refractivity (Wildman–Crippen MR) is 56.2 cm³/mol. The first kappa shape index (κ1) is 15.2. The number of hydrogen-bond acceptors (Lipinski definition) is 1. The average molecular weight is 307 g/mol. The molecular formula is C10H5Cl2F5O. The molecule has 1 nitrogen and oxygen atoms in total. The van der Waals surface area contributed by atoms with Crippen molar-refractivity contribution in [1.82, 2.24) is 0 Å². The fraction of sp³-hybridized carbons (Fsp3) is 0.300. The van der Waals surface area contributed by atoms with E-state index in [4.69, 9.17) is 23.2 Å². The van der Waals surface area contributed by atoms with E-state index in [0.29, 0.717) is 0 Å². The number of benzene rings is 1. The minimum absolute atomic E-state index is 0.0810. The molecule has 1 rings (SSSR count). The highest BCUT2D eigenvalue weighted by Gasteiger charge is 2.62. The molecule has 0 saturated carbocycles. The van der Waals surface area contributed by atoms with Crippen LogP contribution in [0.1, 0.15) is 5.56 Å². The molecule has 0 radical (unpaired) electrons. The molecule has 0 bridgehead atoms. The fourth-order valence-corrected chi connectivity index (χ4v) is 1.50. The second kappa shape index (κ2) is 5.01. The summed E-state index contributed by atoms with van der Waals surface area (Å²) in [4.78, 5) is 11.0. The summed E-state index contributed by atoms with van der Waals surface area (Å²) in [5.41, 5.74) is -0.182.